The van der Waals surface area contributed by atoms with Crippen molar-refractivity contribution in [1.29, 1.82) is 0 Å². The van der Waals surface area contributed by atoms with Crippen LogP contribution in [0.3, 0.4) is 0 Å². The highest BCUT2D eigenvalue weighted by Crippen LogP contribution is 2.28. The van der Waals surface area contributed by atoms with E-state index in [2.05, 4.69) is 33.9 Å². The summed E-state index contributed by atoms with van der Waals surface area (Å²) >= 11 is 6.06. The topological polar surface area (TPSA) is 32.3 Å². The minimum atomic E-state index is 0.537. The van der Waals surface area contributed by atoms with Crippen LogP contribution in [0.2, 0.25) is 5.15 Å². The molecule has 2 heterocycles. The second-order valence-electron chi connectivity index (χ2n) is 4.86. The standard InChI is InChI=1S/C12H19ClN4/c1-9-11(13)14-8-15-12(9)17-6-4-5-10(17)7-16(2)3/h8,10H,4-7H2,1-3H3. The van der Waals surface area contributed by atoms with Gasteiger partial charge in [0.25, 0.3) is 0 Å². The lowest BCUT2D eigenvalue weighted by atomic mass is 10.2. The van der Waals surface area contributed by atoms with Gasteiger partial charge in [-0.3, -0.25) is 0 Å². The van der Waals surface area contributed by atoms with Crippen molar-refractivity contribution in [1.82, 2.24) is 14.9 Å². The van der Waals surface area contributed by atoms with Crippen LogP contribution in [0.1, 0.15) is 18.4 Å². The summed E-state index contributed by atoms with van der Waals surface area (Å²) in [5, 5.41) is 0.561. The molecule has 0 saturated carbocycles. The molecule has 1 aliphatic rings. The third kappa shape index (κ3) is 2.69. The molecule has 5 heteroatoms. The maximum Gasteiger partial charge on any atom is 0.137 e. The monoisotopic (exact) mass is 254 g/mol. The van der Waals surface area contributed by atoms with Gasteiger partial charge in [-0.1, -0.05) is 11.6 Å². The van der Waals surface area contributed by atoms with E-state index in [4.69, 9.17) is 11.6 Å². The van der Waals surface area contributed by atoms with Crippen LogP contribution in [0.25, 0.3) is 0 Å². The zero-order valence-electron chi connectivity index (χ0n) is 10.6. The summed E-state index contributed by atoms with van der Waals surface area (Å²) in [6.07, 6.45) is 3.99. The zero-order chi connectivity index (χ0) is 12.4. The summed E-state index contributed by atoms with van der Waals surface area (Å²) in [6, 6.07) is 0.537. The molecule has 1 unspecified atom stereocenters. The molecule has 0 spiro atoms. The van der Waals surface area contributed by atoms with E-state index in [9.17, 15) is 0 Å². The molecule has 1 atom stereocenters. The van der Waals surface area contributed by atoms with E-state index < -0.39 is 0 Å². The summed E-state index contributed by atoms with van der Waals surface area (Å²) in [5.41, 5.74) is 0.986. The summed E-state index contributed by atoms with van der Waals surface area (Å²) in [5.74, 6) is 0.995. The van der Waals surface area contributed by atoms with Gasteiger partial charge in [0.15, 0.2) is 0 Å². The first kappa shape index (κ1) is 12.6. The van der Waals surface area contributed by atoms with Crippen molar-refractivity contribution >= 4 is 17.4 Å². The summed E-state index contributed by atoms with van der Waals surface area (Å²) in [6.45, 7) is 4.11. The first-order valence-corrected chi connectivity index (χ1v) is 6.36. The van der Waals surface area contributed by atoms with E-state index >= 15 is 0 Å². The van der Waals surface area contributed by atoms with Crippen molar-refractivity contribution in [3.05, 3.63) is 17.0 Å². The van der Waals surface area contributed by atoms with Crippen LogP contribution in [-0.4, -0.2) is 48.1 Å². The number of hydrogen-bond acceptors (Lipinski definition) is 4. The molecule has 94 valence electrons. The van der Waals surface area contributed by atoms with Gasteiger partial charge in [-0.15, -0.1) is 0 Å². The van der Waals surface area contributed by atoms with Crippen LogP contribution in [0.5, 0.6) is 0 Å². The number of aromatic nitrogens is 2. The number of nitrogens with zero attached hydrogens (tertiary/aromatic N) is 4. The second kappa shape index (κ2) is 5.19. The maximum atomic E-state index is 6.06. The van der Waals surface area contributed by atoms with Gasteiger partial charge in [0.2, 0.25) is 0 Å². The number of anilines is 1. The molecule has 0 bridgehead atoms. The zero-order valence-corrected chi connectivity index (χ0v) is 11.4. The molecule has 4 nitrogen and oxygen atoms in total. The van der Waals surface area contributed by atoms with Crippen molar-refractivity contribution < 1.29 is 0 Å². The highest BCUT2D eigenvalue weighted by atomic mass is 35.5. The molecule has 1 aromatic rings. The Balaban J connectivity index is 2.23. The second-order valence-corrected chi connectivity index (χ2v) is 5.22. The predicted octanol–water partition coefficient (Wildman–Crippen LogP) is 1.97. The normalized spacial score (nSPS) is 20.3. The van der Waals surface area contributed by atoms with Gasteiger partial charge in [0, 0.05) is 24.7 Å². The number of likely N-dealkylation sites (N-methyl/N-ethyl adjacent to an activating group) is 1. The van der Waals surface area contributed by atoms with Gasteiger partial charge in [-0.25, -0.2) is 9.97 Å². The van der Waals surface area contributed by atoms with Gasteiger partial charge >= 0.3 is 0 Å². The third-order valence-electron chi connectivity index (χ3n) is 3.22. The lowest BCUT2D eigenvalue weighted by molar-refractivity contribution is 0.371. The lowest BCUT2D eigenvalue weighted by Gasteiger charge is -2.29. The summed E-state index contributed by atoms with van der Waals surface area (Å²) in [4.78, 5) is 13.0. The fraction of sp³-hybridized carbons (Fsp3) is 0.667. The minimum absolute atomic E-state index is 0.537. The Hall–Kier alpha value is -0.870. The van der Waals surface area contributed by atoms with Crippen molar-refractivity contribution in [3.63, 3.8) is 0 Å². The Morgan fingerprint density at radius 2 is 2.24 bits per heavy atom. The van der Waals surface area contributed by atoms with E-state index in [1.54, 1.807) is 6.33 Å². The van der Waals surface area contributed by atoms with Crippen molar-refractivity contribution in [2.45, 2.75) is 25.8 Å². The minimum Gasteiger partial charge on any atom is -0.352 e. The van der Waals surface area contributed by atoms with Crippen LogP contribution in [-0.2, 0) is 0 Å². The fourth-order valence-corrected chi connectivity index (χ4v) is 2.56. The average molecular weight is 255 g/mol. The van der Waals surface area contributed by atoms with Crippen molar-refractivity contribution in [2.75, 3.05) is 32.1 Å². The van der Waals surface area contributed by atoms with Crippen molar-refractivity contribution in [3.8, 4) is 0 Å². The predicted molar refractivity (Wildman–Crippen MR) is 70.7 cm³/mol. The Morgan fingerprint density at radius 3 is 2.94 bits per heavy atom. The summed E-state index contributed by atoms with van der Waals surface area (Å²) < 4.78 is 0. The van der Waals surface area contributed by atoms with Crippen LogP contribution in [0, 0.1) is 6.92 Å². The summed E-state index contributed by atoms with van der Waals surface area (Å²) in [7, 11) is 4.21. The van der Waals surface area contributed by atoms with Gasteiger partial charge in [-0.05, 0) is 33.9 Å². The Bertz CT molecular complexity index is 394. The molecule has 17 heavy (non-hydrogen) atoms. The first-order chi connectivity index (χ1) is 8.09. The van der Waals surface area contributed by atoms with E-state index in [1.165, 1.54) is 12.8 Å². The van der Waals surface area contributed by atoms with Gasteiger partial charge < -0.3 is 9.80 Å². The smallest absolute Gasteiger partial charge is 0.137 e. The first-order valence-electron chi connectivity index (χ1n) is 5.98. The average Bonchev–Trinajstić information content (AvgIpc) is 2.69. The van der Waals surface area contributed by atoms with Crippen molar-refractivity contribution in [2.24, 2.45) is 0 Å². The molecule has 0 aliphatic carbocycles. The van der Waals surface area contributed by atoms with Crippen LogP contribution >= 0.6 is 11.6 Å². The van der Waals surface area contributed by atoms with E-state index in [1.807, 2.05) is 6.92 Å². The molecule has 1 aromatic heterocycles. The molecule has 0 amide bonds. The van der Waals surface area contributed by atoms with Crippen LogP contribution in [0.15, 0.2) is 6.33 Å². The Morgan fingerprint density at radius 1 is 1.47 bits per heavy atom. The van der Waals surface area contributed by atoms with Gasteiger partial charge in [0.1, 0.15) is 17.3 Å². The van der Waals surface area contributed by atoms with Crippen LogP contribution in [0.4, 0.5) is 5.82 Å². The molecule has 0 radical (unpaired) electrons. The highest BCUT2D eigenvalue weighted by Gasteiger charge is 2.27. The SMILES string of the molecule is Cc1c(Cl)ncnc1N1CCCC1CN(C)C. The molecule has 1 aliphatic heterocycles. The molecule has 2 rings (SSSR count). The Labute approximate surface area is 108 Å². The maximum absolute atomic E-state index is 6.06. The number of hydrogen-bond donors (Lipinski definition) is 0. The van der Waals surface area contributed by atoms with E-state index in [0.717, 1.165) is 24.5 Å². The molecule has 0 aromatic carbocycles. The lowest BCUT2D eigenvalue weighted by Crippen LogP contribution is -2.38. The fourth-order valence-electron chi connectivity index (χ4n) is 2.44. The molecular weight excluding hydrogens is 236 g/mol. The number of rotatable bonds is 3. The van der Waals surface area contributed by atoms with Crippen LogP contribution < -0.4 is 4.90 Å². The van der Waals surface area contributed by atoms with Gasteiger partial charge in [-0.2, -0.15) is 0 Å². The number of halogens is 1. The third-order valence-corrected chi connectivity index (χ3v) is 3.60. The molecule has 1 saturated heterocycles. The van der Waals surface area contributed by atoms with Gasteiger partial charge in [0.05, 0.1) is 0 Å². The Kier molecular flexibility index (Phi) is 3.84. The highest BCUT2D eigenvalue weighted by molar-refractivity contribution is 6.30. The molecular formula is C12H19ClN4. The quantitative estimate of drug-likeness (QED) is 0.772. The molecule has 1 fully saturated rings. The molecule has 0 N–H and O–H groups in total. The largest absolute Gasteiger partial charge is 0.352 e. The van der Waals surface area contributed by atoms with E-state index in [-0.39, 0.29) is 0 Å². The van der Waals surface area contributed by atoms with E-state index in [0.29, 0.717) is 11.2 Å².